The summed E-state index contributed by atoms with van der Waals surface area (Å²) in [4.78, 5) is 0. The summed E-state index contributed by atoms with van der Waals surface area (Å²) < 4.78 is 5.64. The molecular weight excluding hydrogens is 190 g/mol. The molecule has 3 heteroatoms. The summed E-state index contributed by atoms with van der Waals surface area (Å²) in [6, 6.07) is 0. The van der Waals surface area contributed by atoms with E-state index in [9.17, 15) is 0 Å². The van der Waals surface area contributed by atoms with Crippen LogP contribution in [-0.2, 0) is 4.74 Å². The summed E-state index contributed by atoms with van der Waals surface area (Å²) >= 11 is 0. The average molecular weight is 215 g/mol. The molecule has 3 nitrogen and oxygen atoms in total. The zero-order valence-corrected chi connectivity index (χ0v) is 9.87. The predicted octanol–water partition coefficient (Wildman–Crippen LogP) is 1.55. The van der Waals surface area contributed by atoms with Crippen LogP contribution in [0.3, 0.4) is 0 Å². The molecule has 0 radical (unpaired) electrons. The Morgan fingerprint density at radius 3 is 2.93 bits per heavy atom. The molecule has 0 aliphatic carbocycles. The van der Waals surface area contributed by atoms with E-state index in [2.05, 4.69) is 12.2 Å². The van der Waals surface area contributed by atoms with E-state index in [1.165, 1.54) is 19.3 Å². The van der Waals surface area contributed by atoms with E-state index in [0.29, 0.717) is 18.6 Å². The zero-order valence-electron chi connectivity index (χ0n) is 9.87. The van der Waals surface area contributed by atoms with Gasteiger partial charge in [0.05, 0.1) is 6.10 Å². The minimum Gasteiger partial charge on any atom is -0.396 e. The van der Waals surface area contributed by atoms with Crippen LogP contribution in [0.4, 0.5) is 0 Å². The summed E-state index contributed by atoms with van der Waals surface area (Å²) in [6.45, 7) is 5.40. The first kappa shape index (κ1) is 12.9. The third-order valence-corrected chi connectivity index (χ3v) is 3.19. The van der Waals surface area contributed by atoms with Crippen LogP contribution in [0, 0.1) is 5.92 Å². The lowest BCUT2D eigenvalue weighted by molar-refractivity contribution is 0.0164. The fraction of sp³-hybridized carbons (Fsp3) is 1.00. The van der Waals surface area contributed by atoms with Crippen LogP contribution in [0.5, 0.6) is 0 Å². The first-order chi connectivity index (χ1) is 7.36. The van der Waals surface area contributed by atoms with Crippen molar-refractivity contribution in [2.24, 2.45) is 5.92 Å². The number of aliphatic hydroxyl groups is 1. The molecule has 0 aromatic rings. The van der Waals surface area contributed by atoms with Gasteiger partial charge in [-0.05, 0) is 38.1 Å². The van der Waals surface area contributed by atoms with Gasteiger partial charge in [-0.15, -0.1) is 0 Å². The van der Waals surface area contributed by atoms with Gasteiger partial charge in [-0.2, -0.15) is 0 Å². The molecule has 0 aromatic carbocycles. The van der Waals surface area contributed by atoms with Crippen molar-refractivity contribution in [3.05, 3.63) is 0 Å². The van der Waals surface area contributed by atoms with Crippen molar-refractivity contribution in [2.45, 2.75) is 45.1 Å². The zero-order chi connectivity index (χ0) is 10.9. The Hall–Kier alpha value is -0.120. The molecule has 1 aliphatic heterocycles. The molecule has 2 unspecified atom stereocenters. The molecule has 15 heavy (non-hydrogen) atoms. The second-order valence-corrected chi connectivity index (χ2v) is 4.43. The van der Waals surface area contributed by atoms with Crippen molar-refractivity contribution in [2.75, 3.05) is 26.3 Å². The number of aliphatic hydroxyl groups excluding tert-OH is 1. The normalized spacial score (nSPS) is 24.0. The number of hydrogen-bond donors (Lipinski definition) is 2. The maximum atomic E-state index is 8.86. The van der Waals surface area contributed by atoms with Gasteiger partial charge in [-0.1, -0.05) is 13.3 Å². The fourth-order valence-corrected chi connectivity index (χ4v) is 2.05. The van der Waals surface area contributed by atoms with Crippen LogP contribution in [0.1, 0.15) is 39.0 Å². The molecule has 0 saturated carbocycles. The van der Waals surface area contributed by atoms with Gasteiger partial charge in [0.2, 0.25) is 0 Å². The summed E-state index contributed by atoms with van der Waals surface area (Å²) in [6.07, 6.45) is 6.20. The standard InChI is InChI=1S/C12H25NO2/c1-2-11(6-7-14)9-13-10-12-5-3-4-8-15-12/h11-14H,2-10H2,1H3. The molecule has 0 aromatic heterocycles. The highest BCUT2D eigenvalue weighted by Gasteiger charge is 2.13. The van der Waals surface area contributed by atoms with E-state index in [1.54, 1.807) is 0 Å². The van der Waals surface area contributed by atoms with E-state index in [-0.39, 0.29) is 0 Å². The van der Waals surface area contributed by atoms with Crippen LogP contribution in [-0.4, -0.2) is 37.5 Å². The minimum absolute atomic E-state index is 0.306. The van der Waals surface area contributed by atoms with Gasteiger partial charge >= 0.3 is 0 Å². The fourth-order valence-electron chi connectivity index (χ4n) is 2.05. The highest BCUT2D eigenvalue weighted by Crippen LogP contribution is 2.12. The van der Waals surface area contributed by atoms with Gasteiger partial charge in [-0.25, -0.2) is 0 Å². The molecule has 1 saturated heterocycles. The maximum Gasteiger partial charge on any atom is 0.0699 e. The largest absolute Gasteiger partial charge is 0.396 e. The maximum absolute atomic E-state index is 8.86. The molecule has 2 N–H and O–H groups in total. The average Bonchev–Trinajstić information content (AvgIpc) is 2.29. The monoisotopic (exact) mass is 215 g/mol. The molecule has 90 valence electrons. The van der Waals surface area contributed by atoms with E-state index in [0.717, 1.165) is 32.5 Å². The molecule has 1 fully saturated rings. The first-order valence-electron chi connectivity index (χ1n) is 6.30. The smallest absolute Gasteiger partial charge is 0.0699 e. The van der Waals surface area contributed by atoms with Crippen molar-refractivity contribution in [1.29, 1.82) is 0 Å². The van der Waals surface area contributed by atoms with Crippen LogP contribution in [0.15, 0.2) is 0 Å². The highest BCUT2D eigenvalue weighted by atomic mass is 16.5. The first-order valence-corrected chi connectivity index (χ1v) is 6.30. The summed E-state index contributed by atoms with van der Waals surface area (Å²) in [7, 11) is 0. The minimum atomic E-state index is 0.306. The van der Waals surface area contributed by atoms with Crippen molar-refractivity contribution in [1.82, 2.24) is 5.32 Å². The van der Waals surface area contributed by atoms with Gasteiger partial charge in [0, 0.05) is 19.8 Å². The van der Waals surface area contributed by atoms with E-state index in [4.69, 9.17) is 9.84 Å². The Kier molecular flexibility index (Phi) is 6.98. The van der Waals surface area contributed by atoms with E-state index >= 15 is 0 Å². The SMILES string of the molecule is CCC(CCO)CNCC1CCCCO1. The topological polar surface area (TPSA) is 41.5 Å². The molecule has 1 aliphatic rings. The summed E-state index contributed by atoms with van der Waals surface area (Å²) in [5, 5.41) is 12.3. The molecule has 0 spiro atoms. The Balaban J connectivity index is 2.03. The van der Waals surface area contributed by atoms with Crippen molar-refractivity contribution in [3.8, 4) is 0 Å². The second-order valence-electron chi connectivity index (χ2n) is 4.43. The summed E-state index contributed by atoms with van der Waals surface area (Å²) in [5.41, 5.74) is 0. The van der Waals surface area contributed by atoms with E-state index < -0.39 is 0 Å². The van der Waals surface area contributed by atoms with Crippen LogP contribution in [0.2, 0.25) is 0 Å². The van der Waals surface area contributed by atoms with Gasteiger partial charge in [-0.3, -0.25) is 0 Å². The number of ether oxygens (including phenoxy) is 1. The Labute approximate surface area is 93.2 Å². The molecule has 0 amide bonds. The lowest BCUT2D eigenvalue weighted by Gasteiger charge is -2.24. The molecular formula is C12H25NO2. The molecule has 2 atom stereocenters. The van der Waals surface area contributed by atoms with Crippen molar-refractivity contribution in [3.63, 3.8) is 0 Å². The van der Waals surface area contributed by atoms with Crippen molar-refractivity contribution >= 4 is 0 Å². The lowest BCUT2D eigenvalue weighted by Crippen LogP contribution is -2.34. The molecule has 1 heterocycles. The Morgan fingerprint density at radius 1 is 1.47 bits per heavy atom. The van der Waals surface area contributed by atoms with Crippen LogP contribution >= 0.6 is 0 Å². The predicted molar refractivity (Wildman–Crippen MR) is 61.9 cm³/mol. The number of hydrogen-bond acceptors (Lipinski definition) is 3. The van der Waals surface area contributed by atoms with Gasteiger partial charge in [0.25, 0.3) is 0 Å². The third-order valence-electron chi connectivity index (χ3n) is 3.19. The highest BCUT2D eigenvalue weighted by molar-refractivity contribution is 4.68. The summed E-state index contributed by atoms with van der Waals surface area (Å²) in [5.74, 6) is 0.610. The van der Waals surface area contributed by atoms with Crippen LogP contribution < -0.4 is 5.32 Å². The second kappa shape index (κ2) is 8.08. The Morgan fingerprint density at radius 2 is 2.33 bits per heavy atom. The molecule has 0 bridgehead atoms. The number of nitrogens with one attached hydrogen (secondary N) is 1. The van der Waals surface area contributed by atoms with Crippen molar-refractivity contribution < 1.29 is 9.84 Å². The van der Waals surface area contributed by atoms with Gasteiger partial charge in [0.1, 0.15) is 0 Å². The van der Waals surface area contributed by atoms with Gasteiger partial charge in [0.15, 0.2) is 0 Å². The van der Waals surface area contributed by atoms with Crippen LogP contribution in [0.25, 0.3) is 0 Å². The van der Waals surface area contributed by atoms with E-state index in [1.807, 2.05) is 0 Å². The number of rotatable bonds is 7. The third kappa shape index (κ3) is 5.50. The Bertz CT molecular complexity index is 142. The van der Waals surface area contributed by atoms with Gasteiger partial charge < -0.3 is 15.2 Å². The quantitative estimate of drug-likeness (QED) is 0.677. The lowest BCUT2D eigenvalue weighted by atomic mass is 10.0. The molecule has 1 rings (SSSR count).